The summed E-state index contributed by atoms with van der Waals surface area (Å²) in [5, 5.41) is 8.41. The number of rotatable bonds is 6. The monoisotopic (exact) mass is 278 g/mol. The quantitative estimate of drug-likeness (QED) is 0.727. The van der Waals surface area contributed by atoms with E-state index in [9.17, 15) is 9.59 Å². The molecule has 6 heteroatoms. The fraction of sp³-hybridized carbons (Fsp3) is 0.500. The lowest BCUT2D eigenvalue weighted by molar-refractivity contribution is -0.122. The number of nitrogens with one attached hydrogen (secondary N) is 3. The van der Waals surface area contributed by atoms with Crippen LogP contribution in [0.1, 0.15) is 36.8 Å². The van der Waals surface area contributed by atoms with E-state index in [0.29, 0.717) is 17.9 Å². The number of aromatic nitrogens is 1. The zero-order valence-corrected chi connectivity index (χ0v) is 12.4. The van der Waals surface area contributed by atoms with Crippen molar-refractivity contribution in [1.82, 2.24) is 15.6 Å². The van der Waals surface area contributed by atoms with Gasteiger partial charge in [-0.25, -0.2) is 4.98 Å². The van der Waals surface area contributed by atoms with Gasteiger partial charge in [-0.05, 0) is 39.8 Å². The van der Waals surface area contributed by atoms with E-state index >= 15 is 0 Å². The van der Waals surface area contributed by atoms with Crippen LogP contribution in [0, 0.1) is 6.92 Å². The summed E-state index contributed by atoms with van der Waals surface area (Å²) in [6.07, 6.45) is 0. The molecule has 0 aromatic carbocycles. The topological polar surface area (TPSA) is 83.1 Å². The minimum atomic E-state index is -0.571. The van der Waals surface area contributed by atoms with Crippen LogP contribution in [-0.4, -0.2) is 35.9 Å². The summed E-state index contributed by atoms with van der Waals surface area (Å²) in [6.45, 7) is 8.54. The second-order valence-corrected chi connectivity index (χ2v) is 4.50. The number of nitrogens with zero attached hydrogens (tertiary/aromatic N) is 1. The minimum Gasteiger partial charge on any atom is -0.370 e. The highest BCUT2D eigenvalue weighted by Crippen LogP contribution is 2.10. The molecule has 0 spiro atoms. The Morgan fingerprint density at radius 3 is 2.55 bits per heavy atom. The summed E-state index contributed by atoms with van der Waals surface area (Å²) in [5.74, 6) is 0.176. The van der Waals surface area contributed by atoms with Crippen LogP contribution >= 0.6 is 0 Å². The van der Waals surface area contributed by atoms with E-state index < -0.39 is 6.04 Å². The molecule has 3 N–H and O–H groups in total. The Hall–Kier alpha value is -2.11. The van der Waals surface area contributed by atoms with Gasteiger partial charge in [-0.15, -0.1) is 0 Å². The van der Waals surface area contributed by atoms with Crippen LogP contribution < -0.4 is 16.0 Å². The second-order valence-electron chi connectivity index (χ2n) is 4.50. The molecule has 6 nitrogen and oxygen atoms in total. The number of pyridine rings is 1. The summed E-state index contributed by atoms with van der Waals surface area (Å²) in [5.41, 5.74) is 1.24. The zero-order valence-electron chi connectivity index (χ0n) is 12.4. The first-order valence-corrected chi connectivity index (χ1v) is 6.79. The molecule has 0 saturated heterocycles. The van der Waals surface area contributed by atoms with Crippen molar-refractivity contribution in [2.24, 2.45) is 0 Å². The van der Waals surface area contributed by atoms with Gasteiger partial charge in [0, 0.05) is 24.3 Å². The molecule has 0 aliphatic rings. The maximum Gasteiger partial charge on any atom is 0.252 e. The predicted molar refractivity (Wildman–Crippen MR) is 78.7 cm³/mol. The molecule has 1 atom stereocenters. The van der Waals surface area contributed by atoms with E-state index in [1.165, 1.54) is 0 Å². The lowest BCUT2D eigenvalue weighted by atomic mass is 10.2. The van der Waals surface area contributed by atoms with E-state index in [1.807, 2.05) is 20.8 Å². The van der Waals surface area contributed by atoms with Crippen molar-refractivity contribution in [2.45, 2.75) is 33.7 Å². The molecule has 0 aliphatic heterocycles. The fourth-order valence-corrected chi connectivity index (χ4v) is 1.74. The normalized spacial score (nSPS) is 11.6. The second kappa shape index (κ2) is 7.47. The van der Waals surface area contributed by atoms with Gasteiger partial charge in [-0.2, -0.15) is 0 Å². The Kier molecular flexibility index (Phi) is 5.96. The van der Waals surface area contributed by atoms with E-state index in [2.05, 4.69) is 20.9 Å². The van der Waals surface area contributed by atoms with Gasteiger partial charge in [-0.3, -0.25) is 9.59 Å². The molecular formula is C14H22N4O2. The first-order chi connectivity index (χ1) is 9.47. The van der Waals surface area contributed by atoms with E-state index in [4.69, 9.17) is 0 Å². The Balaban J connectivity index is 2.79. The third kappa shape index (κ3) is 4.53. The van der Waals surface area contributed by atoms with Crippen LogP contribution in [0.3, 0.4) is 0 Å². The van der Waals surface area contributed by atoms with E-state index in [0.717, 1.165) is 12.2 Å². The summed E-state index contributed by atoms with van der Waals surface area (Å²) in [6, 6.07) is 2.80. The Bertz CT molecular complexity index is 488. The molecule has 20 heavy (non-hydrogen) atoms. The van der Waals surface area contributed by atoms with Crippen molar-refractivity contribution in [2.75, 3.05) is 18.4 Å². The third-order valence-electron chi connectivity index (χ3n) is 2.67. The Morgan fingerprint density at radius 1 is 1.25 bits per heavy atom. The van der Waals surface area contributed by atoms with Crippen molar-refractivity contribution >= 4 is 17.6 Å². The summed E-state index contributed by atoms with van der Waals surface area (Å²) in [4.78, 5) is 28.0. The lowest BCUT2D eigenvalue weighted by Gasteiger charge is -2.14. The molecule has 110 valence electrons. The van der Waals surface area contributed by atoms with Crippen molar-refractivity contribution in [3.63, 3.8) is 0 Å². The molecule has 0 radical (unpaired) electrons. The maximum atomic E-state index is 12.1. The number of carbonyl (C=O) groups is 2. The van der Waals surface area contributed by atoms with Crippen LogP contribution in [0.2, 0.25) is 0 Å². The van der Waals surface area contributed by atoms with Gasteiger partial charge in [0.1, 0.15) is 11.9 Å². The Morgan fingerprint density at radius 2 is 1.95 bits per heavy atom. The molecule has 1 rings (SSSR count). The highest BCUT2D eigenvalue weighted by molar-refractivity contribution is 5.98. The Labute approximate surface area is 119 Å². The summed E-state index contributed by atoms with van der Waals surface area (Å²) >= 11 is 0. The molecule has 2 amide bonds. The predicted octanol–water partition coefficient (Wildman–Crippen LogP) is 1.08. The molecule has 1 heterocycles. The molecule has 0 saturated carbocycles. The summed E-state index contributed by atoms with van der Waals surface area (Å²) in [7, 11) is 0. The van der Waals surface area contributed by atoms with Gasteiger partial charge in [0.2, 0.25) is 5.91 Å². The zero-order chi connectivity index (χ0) is 15.1. The first kappa shape index (κ1) is 15.9. The molecule has 1 aromatic rings. The van der Waals surface area contributed by atoms with Crippen molar-refractivity contribution in [3.8, 4) is 0 Å². The average Bonchev–Trinajstić information content (AvgIpc) is 2.38. The third-order valence-corrected chi connectivity index (χ3v) is 2.67. The van der Waals surface area contributed by atoms with Crippen LogP contribution in [0.4, 0.5) is 5.82 Å². The molecule has 0 aliphatic carbocycles. The van der Waals surface area contributed by atoms with E-state index in [-0.39, 0.29) is 11.8 Å². The fourth-order valence-electron chi connectivity index (χ4n) is 1.74. The molecule has 1 unspecified atom stereocenters. The number of carbonyl (C=O) groups excluding carboxylic acids is 2. The SMILES string of the molecule is CCNC(=O)C(C)NC(=O)c1cc(C)nc(NCC)c1. The highest BCUT2D eigenvalue weighted by Gasteiger charge is 2.16. The number of aryl methyl sites for hydroxylation is 1. The number of hydrogen-bond donors (Lipinski definition) is 3. The van der Waals surface area contributed by atoms with Gasteiger partial charge >= 0.3 is 0 Å². The first-order valence-electron chi connectivity index (χ1n) is 6.79. The van der Waals surface area contributed by atoms with Crippen LogP contribution in [0.25, 0.3) is 0 Å². The minimum absolute atomic E-state index is 0.196. The molecular weight excluding hydrogens is 256 g/mol. The molecule has 1 aromatic heterocycles. The molecule has 0 fully saturated rings. The smallest absolute Gasteiger partial charge is 0.252 e. The van der Waals surface area contributed by atoms with Crippen molar-refractivity contribution in [1.29, 1.82) is 0 Å². The van der Waals surface area contributed by atoms with Crippen molar-refractivity contribution < 1.29 is 9.59 Å². The van der Waals surface area contributed by atoms with Gasteiger partial charge in [0.15, 0.2) is 0 Å². The van der Waals surface area contributed by atoms with Crippen LogP contribution in [0.15, 0.2) is 12.1 Å². The average molecular weight is 278 g/mol. The standard InChI is InChI=1S/C14H22N4O2/c1-5-15-12-8-11(7-9(3)17-12)14(20)18-10(4)13(19)16-6-2/h7-8,10H,5-6H2,1-4H3,(H,15,17)(H,16,19)(H,18,20). The number of anilines is 1. The lowest BCUT2D eigenvalue weighted by Crippen LogP contribution is -2.44. The van der Waals surface area contributed by atoms with Gasteiger partial charge in [0.05, 0.1) is 0 Å². The number of likely N-dealkylation sites (N-methyl/N-ethyl adjacent to an activating group) is 1. The largest absolute Gasteiger partial charge is 0.370 e. The van der Waals surface area contributed by atoms with Gasteiger partial charge in [0.25, 0.3) is 5.91 Å². The van der Waals surface area contributed by atoms with Crippen LogP contribution in [-0.2, 0) is 4.79 Å². The van der Waals surface area contributed by atoms with Crippen molar-refractivity contribution in [3.05, 3.63) is 23.4 Å². The van der Waals surface area contributed by atoms with Crippen LogP contribution in [0.5, 0.6) is 0 Å². The highest BCUT2D eigenvalue weighted by atomic mass is 16.2. The molecule has 0 bridgehead atoms. The number of hydrogen-bond acceptors (Lipinski definition) is 4. The van der Waals surface area contributed by atoms with Gasteiger partial charge < -0.3 is 16.0 Å². The number of amides is 2. The van der Waals surface area contributed by atoms with Gasteiger partial charge in [-0.1, -0.05) is 0 Å². The summed E-state index contributed by atoms with van der Waals surface area (Å²) < 4.78 is 0. The maximum absolute atomic E-state index is 12.1. The van der Waals surface area contributed by atoms with E-state index in [1.54, 1.807) is 19.1 Å².